The first-order valence-electron chi connectivity index (χ1n) is 10.0. The number of benzene rings is 2. The lowest BCUT2D eigenvalue weighted by Crippen LogP contribution is -2.51. The molecule has 0 aliphatic carbocycles. The molecule has 1 amide bonds. The SMILES string of the molecule is CCS(=O)(=O)N1CCC(C(=O)Nc2ccc3nccnc3c2)(c2ccccc2)CC1. The first kappa shape index (κ1) is 20.4. The van der Waals surface area contributed by atoms with Crippen LogP contribution in [0.15, 0.2) is 60.9 Å². The summed E-state index contributed by atoms with van der Waals surface area (Å²) < 4.78 is 26.1. The van der Waals surface area contributed by atoms with Gasteiger partial charge in [-0.05, 0) is 43.5 Å². The van der Waals surface area contributed by atoms with Gasteiger partial charge in [0.1, 0.15) is 0 Å². The Kier molecular flexibility index (Phi) is 5.53. The molecule has 4 rings (SSSR count). The van der Waals surface area contributed by atoms with Gasteiger partial charge < -0.3 is 5.32 Å². The molecule has 7 nitrogen and oxygen atoms in total. The molecule has 0 atom stereocenters. The van der Waals surface area contributed by atoms with Crippen LogP contribution in [0.5, 0.6) is 0 Å². The number of hydrogen-bond donors (Lipinski definition) is 1. The quantitative estimate of drug-likeness (QED) is 0.680. The first-order chi connectivity index (χ1) is 14.4. The molecule has 1 saturated heterocycles. The number of rotatable bonds is 5. The summed E-state index contributed by atoms with van der Waals surface area (Å²) in [5.41, 5.74) is 2.21. The Morgan fingerprint density at radius 1 is 1.03 bits per heavy atom. The average molecular weight is 425 g/mol. The van der Waals surface area contributed by atoms with Crippen LogP contribution in [-0.4, -0.2) is 47.4 Å². The molecule has 156 valence electrons. The lowest BCUT2D eigenvalue weighted by atomic mass is 9.72. The number of nitrogens with zero attached hydrogens (tertiary/aromatic N) is 3. The number of carbonyl (C=O) groups excluding carboxylic acids is 1. The normalized spacial score (nSPS) is 17.0. The van der Waals surface area contributed by atoms with Gasteiger partial charge in [0, 0.05) is 31.2 Å². The lowest BCUT2D eigenvalue weighted by Gasteiger charge is -2.40. The summed E-state index contributed by atoms with van der Waals surface area (Å²) in [5, 5.41) is 3.04. The molecule has 2 heterocycles. The Labute approximate surface area is 176 Å². The van der Waals surface area contributed by atoms with E-state index in [2.05, 4.69) is 15.3 Å². The molecule has 3 aromatic rings. The Morgan fingerprint density at radius 2 is 1.70 bits per heavy atom. The van der Waals surface area contributed by atoms with E-state index in [4.69, 9.17) is 0 Å². The molecule has 2 aromatic carbocycles. The van der Waals surface area contributed by atoms with Gasteiger partial charge in [-0.25, -0.2) is 12.7 Å². The number of fused-ring (bicyclic) bond motifs is 1. The van der Waals surface area contributed by atoms with Gasteiger partial charge in [0.2, 0.25) is 15.9 Å². The summed E-state index contributed by atoms with van der Waals surface area (Å²) in [4.78, 5) is 22.1. The fourth-order valence-corrected chi connectivity index (χ4v) is 5.13. The Bertz CT molecular complexity index is 1160. The molecule has 1 N–H and O–H groups in total. The predicted octanol–water partition coefficient (Wildman–Crippen LogP) is 2.95. The van der Waals surface area contributed by atoms with E-state index in [1.807, 2.05) is 42.5 Å². The molecular formula is C22H24N4O3S. The van der Waals surface area contributed by atoms with Gasteiger partial charge in [-0.2, -0.15) is 0 Å². The number of piperidine rings is 1. The van der Waals surface area contributed by atoms with Gasteiger partial charge in [0.25, 0.3) is 0 Å². The van der Waals surface area contributed by atoms with Gasteiger partial charge in [-0.1, -0.05) is 30.3 Å². The van der Waals surface area contributed by atoms with E-state index < -0.39 is 15.4 Å². The summed E-state index contributed by atoms with van der Waals surface area (Å²) in [6.45, 7) is 2.28. The van der Waals surface area contributed by atoms with Crippen LogP contribution in [0.4, 0.5) is 5.69 Å². The highest BCUT2D eigenvalue weighted by atomic mass is 32.2. The number of aromatic nitrogens is 2. The van der Waals surface area contributed by atoms with E-state index in [0.29, 0.717) is 37.1 Å². The van der Waals surface area contributed by atoms with E-state index in [9.17, 15) is 13.2 Å². The van der Waals surface area contributed by atoms with Crippen molar-refractivity contribution in [1.29, 1.82) is 0 Å². The van der Waals surface area contributed by atoms with E-state index in [1.165, 1.54) is 4.31 Å². The molecular weight excluding hydrogens is 400 g/mol. The van der Waals surface area contributed by atoms with Crippen molar-refractivity contribution in [3.05, 3.63) is 66.5 Å². The fraction of sp³-hybridized carbons (Fsp3) is 0.318. The number of hydrogen-bond acceptors (Lipinski definition) is 5. The van der Waals surface area contributed by atoms with Crippen LogP contribution in [0.25, 0.3) is 11.0 Å². The molecule has 30 heavy (non-hydrogen) atoms. The highest BCUT2D eigenvalue weighted by Crippen LogP contribution is 2.37. The van der Waals surface area contributed by atoms with Crippen LogP contribution in [0.3, 0.4) is 0 Å². The second-order valence-electron chi connectivity index (χ2n) is 7.46. The summed E-state index contributed by atoms with van der Waals surface area (Å²) >= 11 is 0. The number of sulfonamides is 1. The third kappa shape index (κ3) is 3.80. The van der Waals surface area contributed by atoms with Crippen molar-refractivity contribution in [3.8, 4) is 0 Å². The standard InChI is InChI=1S/C22H24N4O3S/c1-2-30(28,29)26-14-10-22(11-15-26,17-6-4-3-5-7-17)21(27)25-18-8-9-19-20(16-18)24-13-12-23-19/h3-9,12-13,16H,2,10-11,14-15H2,1H3,(H,25,27). The average Bonchev–Trinajstić information content (AvgIpc) is 2.79. The number of anilines is 1. The molecule has 1 fully saturated rings. The number of amides is 1. The van der Waals surface area contributed by atoms with Crippen LogP contribution in [-0.2, 0) is 20.2 Å². The van der Waals surface area contributed by atoms with E-state index in [1.54, 1.807) is 25.4 Å². The van der Waals surface area contributed by atoms with Crippen molar-refractivity contribution in [1.82, 2.24) is 14.3 Å². The minimum atomic E-state index is -3.28. The van der Waals surface area contributed by atoms with E-state index in [0.717, 1.165) is 11.1 Å². The van der Waals surface area contributed by atoms with Crippen LogP contribution in [0, 0.1) is 0 Å². The molecule has 0 saturated carbocycles. The van der Waals surface area contributed by atoms with Crippen molar-refractivity contribution in [2.75, 3.05) is 24.2 Å². The maximum absolute atomic E-state index is 13.5. The zero-order chi connectivity index (χ0) is 21.2. The van der Waals surface area contributed by atoms with Gasteiger partial charge in [-0.3, -0.25) is 14.8 Å². The molecule has 1 aliphatic heterocycles. The van der Waals surface area contributed by atoms with Crippen LogP contribution >= 0.6 is 0 Å². The molecule has 0 spiro atoms. The monoisotopic (exact) mass is 424 g/mol. The minimum absolute atomic E-state index is 0.0651. The van der Waals surface area contributed by atoms with Crippen molar-refractivity contribution < 1.29 is 13.2 Å². The summed E-state index contributed by atoms with van der Waals surface area (Å²) in [7, 11) is -3.28. The van der Waals surface area contributed by atoms with E-state index >= 15 is 0 Å². The molecule has 0 unspecified atom stereocenters. The van der Waals surface area contributed by atoms with Crippen molar-refractivity contribution in [2.45, 2.75) is 25.2 Å². The molecule has 1 aliphatic rings. The predicted molar refractivity (Wildman–Crippen MR) is 117 cm³/mol. The van der Waals surface area contributed by atoms with Crippen molar-refractivity contribution in [2.24, 2.45) is 0 Å². The Morgan fingerprint density at radius 3 is 2.37 bits per heavy atom. The summed E-state index contributed by atoms with van der Waals surface area (Å²) in [5.74, 6) is -0.0687. The lowest BCUT2D eigenvalue weighted by molar-refractivity contribution is -0.123. The second kappa shape index (κ2) is 8.12. The maximum Gasteiger partial charge on any atom is 0.235 e. The van der Waals surface area contributed by atoms with Crippen molar-refractivity contribution >= 4 is 32.7 Å². The summed E-state index contributed by atoms with van der Waals surface area (Å²) in [6, 6.07) is 15.0. The van der Waals surface area contributed by atoms with Crippen molar-refractivity contribution in [3.63, 3.8) is 0 Å². The van der Waals surface area contributed by atoms with Gasteiger partial charge >= 0.3 is 0 Å². The van der Waals surface area contributed by atoms with Gasteiger partial charge in [0.15, 0.2) is 0 Å². The summed E-state index contributed by atoms with van der Waals surface area (Å²) in [6.07, 6.45) is 4.09. The zero-order valence-electron chi connectivity index (χ0n) is 16.8. The number of carbonyl (C=O) groups is 1. The van der Waals surface area contributed by atoms with Crippen LogP contribution in [0.1, 0.15) is 25.3 Å². The van der Waals surface area contributed by atoms with E-state index in [-0.39, 0.29) is 11.7 Å². The van der Waals surface area contributed by atoms with Gasteiger partial charge in [-0.15, -0.1) is 0 Å². The third-order valence-corrected chi connectivity index (χ3v) is 7.70. The fourth-order valence-electron chi connectivity index (χ4n) is 4.02. The first-order valence-corrected chi connectivity index (χ1v) is 11.6. The molecule has 8 heteroatoms. The highest BCUT2D eigenvalue weighted by Gasteiger charge is 2.44. The molecule has 0 bridgehead atoms. The number of nitrogens with one attached hydrogen (secondary N) is 1. The zero-order valence-corrected chi connectivity index (χ0v) is 17.6. The third-order valence-electron chi connectivity index (χ3n) is 5.82. The topological polar surface area (TPSA) is 92.3 Å². The van der Waals surface area contributed by atoms with Crippen LogP contribution < -0.4 is 5.32 Å². The maximum atomic E-state index is 13.5. The smallest absolute Gasteiger partial charge is 0.235 e. The minimum Gasteiger partial charge on any atom is -0.325 e. The molecule has 0 radical (unpaired) electrons. The largest absolute Gasteiger partial charge is 0.325 e. The Balaban J connectivity index is 1.64. The highest BCUT2D eigenvalue weighted by molar-refractivity contribution is 7.89. The van der Waals surface area contributed by atoms with Crippen LogP contribution in [0.2, 0.25) is 0 Å². The molecule has 1 aromatic heterocycles. The van der Waals surface area contributed by atoms with Gasteiger partial charge in [0.05, 0.1) is 22.2 Å². The Hall–Kier alpha value is -2.84. The second-order valence-corrected chi connectivity index (χ2v) is 9.72.